The second-order valence-corrected chi connectivity index (χ2v) is 11.9. The monoisotopic (exact) mass is 539 g/mol. The average Bonchev–Trinajstić information content (AvgIpc) is 3.20. The molecule has 0 fully saturated rings. The zero-order valence-electron chi connectivity index (χ0n) is 21.6. The number of hydrogen-bond donors (Lipinski definition) is 0. The lowest BCUT2D eigenvalue weighted by Gasteiger charge is -2.13. The van der Waals surface area contributed by atoms with Crippen molar-refractivity contribution in [1.82, 2.24) is 9.78 Å². The maximum atomic E-state index is 13.8. The molecule has 9 heteroatoms. The van der Waals surface area contributed by atoms with Gasteiger partial charge in [-0.15, -0.1) is 0 Å². The molecule has 1 aromatic heterocycles. The number of ketones is 1. The van der Waals surface area contributed by atoms with Crippen LogP contribution in [0.25, 0.3) is 10.8 Å². The summed E-state index contributed by atoms with van der Waals surface area (Å²) in [6.07, 6.45) is 0. The topological polar surface area (TPSA) is 82.8 Å². The Kier molecular flexibility index (Phi) is 7.90. The maximum Gasteiger partial charge on any atom is 0.223 e. The van der Waals surface area contributed by atoms with Crippen molar-refractivity contribution in [3.05, 3.63) is 82.0 Å². The number of carbonyl (C=O) groups is 1. The smallest absolute Gasteiger partial charge is 0.223 e. The number of ether oxygens (including phenoxy) is 2. The fourth-order valence-electron chi connectivity index (χ4n) is 4.15. The lowest BCUT2D eigenvalue weighted by Crippen LogP contribution is -2.09. The summed E-state index contributed by atoms with van der Waals surface area (Å²) in [5.41, 5.74) is 2.21. The number of methoxy groups -OCH3 is 1. The summed E-state index contributed by atoms with van der Waals surface area (Å²) < 4.78 is 30.6. The van der Waals surface area contributed by atoms with Gasteiger partial charge in [0, 0.05) is 24.1 Å². The molecule has 1 heterocycles. The van der Waals surface area contributed by atoms with Crippen LogP contribution in [0.3, 0.4) is 0 Å². The van der Waals surface area contributed by atoms with Gasteiger partial charge in [-0.2, -0.15) is 9.46 Å². The molecule has 0 unspecified atom stereocenters. The van der Waals surface area contributed by atoms with Crippen molar-refractivity contribution in [2.75, 3.05) is 18.6 Å². The van der Waals surface area contributed by atoms with E-state index in [1.807, 2.05) is 44.2 Å². The second kappa shape index (κ2) is 10.9. The Morgan fingerprint density at radius 2 is 1.78 bits per heavy atom. The van der Waals surface area contributed by atoms with E-state index in [0.717, 1.165) is 16.3 Å². The molecule has 0 aliphatic heterocycles. The van der Waals surface area contributed by atoms with Gasteiger partial charge in [0.15, 0.2) is 0 Å². The molecule has 0 radical (unpaired) electrons. The van der Waals surface area contributed by atoms with Crippen LogP contribution in [0.1, 0.15) is 41.0 Å². The van der Waals surface area contributed by atoms with Crippen molar-refractivity contribution >= 4 is 43.6 Å². The van der Waals surface area contributed by atoms with Crippen LogP contribution in [0.2, 0.25) is 5.02 Å². The first-order valence-corrected chi connectivity index (χ1v) is 14.2. The van der Waals surface area contributed by atoms with E-state index in [1.165, 1.54) is 7.11 Å². The Bertz CT molecular complexity index is 1590. The van der Waals surface area contributed by atoms with Gasteiger partial charge in [-0.3, -0.25) is 4.79 Å². The molecule has 0 aliphatic carbocycles. The number of halogens is 1. The highest BCUT2D eigenvalue weighted by Crippen LogP contribution is 2.40. The van der Waals surface area contributed by atoms with E-state index >= 15 is 0 Å². The second-order valence-electron chi connectivity index (χ2n) is 8.61. The van der Waals surface area contributed by atoms with Crippen LogP contribution in [-0.2, 0) is 23.4 Å². The molecule has 0 spiro atoms. The van der Waals surface area contributed by atoms with Crippen LogP contribution in [0, 0.1) is 6.92 Å². The maximum absolute atomic E-state index is 13.8. The summed E-state index contributed by atoms with van der Waals surface area (Å²) in [4.78, 5) is 13.8. The third-order valence-corrected chi connectivity index (χ3v) is 8.99. The first-order valence-electron chi connectivity index (χ1n) is 12.0. The predicted octanol–water partition coefficient (Wildman–Crippen LogP) is 6.49. The van der Waals surface area contributed by atoms with Crippen LogP contribution < -0.4 is 9.47 Å². The van der Waals surface area contributed by atoms with Gasteiger partial charge in [0.25, 0.3) is 0 Å². The molecular weight excluding hydrogens is 510 g/mol. The lowest BCUT2D eigenvalue weighted by atomic mass is 10.0. The summed E-state index contributed by atoms with van der Waals surface area (Å²) >= 11 is 6.71. The Hall–Kier alpha value is -3.36. The summed E-state index contributed by atoms with van der Waals surface area (Å²) in [6, 6.07) is 17.4. The first-order chi connectivity index (χ1) is 17.7. The number of benzene rings is 3. The van der Waals surface area contributed by atoms with Gasteiger partial charge >= 0.3 is 0 Å². The van der Waals surface area contributed by atoms with Gasteiger partial charge in [0.2, 0.25) is 11.7 Å². The molecule has 4 aromatic rings. The molecule has 0 N–H and O–H groups in total. The first kappa shape index (κ1) is 26.7. The van der Waals surface area contributed by atoms with Crippen LogP contribution in [0.5, 0.6) is 11.6 Å². The van der Waals surface area contributed by atoms with Gasteiger partial charge in [-0.05, 0) is 41.5 Å². The summed E-state index contributed by atoms with van der Waals surface area (Å²) in [6.45, 7) is 5.63. The highest BCUT2D eigenvalue weighted by Gasteiger charge is 2.27. The SMILES string of the molecule is CCS(=O)(CC)=Nc1c(OC)ccc(C(=O)c2c(C)nn(C)c2OCc2ccc3ccccc3c2)c1Cl. The largest absolute Gasteiger partial charge is 0.494 e. The predicted molar refractivity (Wildman–Crippen MR) is 149 cm³/mol. The molecule has 3 aromatic carbocycles. The van der Waals surface area contributed by atoms with Gasteiger partial charge in [0.05, 0.1) is 27.6 Å². The van der Waals surface area contributed by atoms with Gasteiger partial charge in [-0.25, -0.2) is 8.89 Å². The number of nitrogens with zero attached hydrogens (tertiary/aromatic N) is 3. The molecule has 4 rings (SSSR count). The normalized spacial score (nSPS) is 11.5. The molecular formula is C28H30ClN3O4S. The fourth-order valence-corrected chi connectivity index (χ4v) is 5.67. The molecule has 0 amide bonds. The number of aryl methyl sites for hydroxylation is 2. The van der Waals surface area contributed by atoms with E-state index in [1.54, 1.807) is 30.8 Å². The fraction of sp³-hybridized carbons (Fsp3) is 0.286. The summed E-state index contributed by atoms with van der Waals surface area (Å²) in [5, 5.41) is 6.76. The molecule has 0 saturated heterocycles. The highest BCUT2D eigenvalue weighted by atomic mass is 35.5. The van der Waals surface area contributed by atoms with Gasteiger partial charge < -0.3 is 9.47 Å². The van der Waals surface area contributed by atoms with Gasteiger partial charge in [-0.1, -0.05) is 61.8 Å². The van der Waals surface area contributed by atoms with Crippen molar-refractivity contribution < 1.29 is 18.5 Å². The van der Waals surface area contributed by atoms with Crippen LogP contribution in [-0.4, -0.2) is 38.4 Å². The van der Waals surface area contributed by atoms with Crippen molar-refractivity contribution in [2.24, 2.45) is 11.4 Å². The molecule has 0 atom stereocenters. The molecule has 194 valence electrons. The third-order valence-electron chi connectivity index (χ3n) is 6.29. The van der Waals surface area contributed by atoms with Gasteiger partial charge in [0.1, 0.15) is 23.6 Å². The Morgan fingerprint density at radius 3 is 2.46 bits per heavy atom. The van der Waals surface area contributed by atoms with Crippen molar-refractivity contribution in [2.45, 2.75) is 27.4 Å². The molecule has 7 nitrogen and oxygen atoms in total. The van der Waals surface area contributed by atoms with Crippen LogP contribution in [0.15, 0.2) is 59.0 Å². The standard InChI is InChI=1S/C28H30ClN3O4S/c1-6-37(34,7-2)31-26-23(35-5)15-14-22(25(26)29)27(33)24-18(3)30-32(4)28(24)36-17-19-12-13-20-10-8-9-11-21(20)16-19/h8-16H,6-7,17H2,1-5H3. The Labute approximate surface area is 222 Å². The number of aromatic nitrogens is 2. The zero-order valence-corrected chi connectivity index (χ0v) is 23.2. The van der Waals surface area contributed by atoms with Crippen LogP contribution >= 0.6 is 11.6 Å². The number of fused-ring (bicyclic) bond motifs is 1. The minimum Gasteiger partial charge on any atom is -0.494 e. The van der Waals surface area contributed by atoms with E-state index in [2.05, 4.69) is 21.6 Å². The molecule has 37 heavy (non-hydrogen) atoms. The third kappa shape index (κ3) is 5.36. The zero-order chi connectivity index (χ0) is 26.7. The number of carbonyl (C=O) groups excluding carboxylic acids is 1. The average molecular weight is 540 g/mol. The van der Waals surface area contributed by atoms with E-state index < -0.39 is 9.73 Å². The minimum absolute atomic E-state index is 0.0858. The Balaban J connectivity index is 1.72. The Morgan fingerprint density at radius 1 is 1.08 bits per heavy atom. The highest BCUT2D eigenvalue weighted by molar-refractivity contribution is 7.93. The minimum atomic E-state index is -2.54. The summed E-state index contributed by atoms with van der Waals surface area (Å²) in [5.74, 6) is 1.05. The van der Waals surface area contributed by atoms with E-state index in [4.69, 9.17) is 21.1 Å². The molecule has 0 saturated carbocycles. The molecule has 0 bridgehead atoms. The summed E-state index contributed by atoms with van der Waals surface area (Å²) in [7, 11) is 0.673. The quantitative estimate of drug-likeness (QED) is 0.227. The van der Waals surface area contributed by atoms with Crippen molar-refractivity contribution in [1.29, 1.82) is 0 Å². The van der Waals surface area contributed by atoms with Crippen molar-refractivity contribution in [3.8, 4) is 11.6 Å². The van der Waals surface area contributed by atoms with Crippen LogP contribution in [0.4, 0.5) is 5.69 Å². The molecule has 0 aliphatic rings. The van der Waals surface area contributed by atoms with E-state index in [0.29, 0.717) is 34.4 Å². The lowest BCUT2D eigenvalue weighted by molar-refractivity contribution is 0.103. The van der Waals surface area contributed by atoms with Crippen molar-refractivity contribution in [3.63, 3.8) is 0 Å². The van der Waals surface area contributed by atoms with E-state index in [9.17, 15) is 9.00 Å². The number of hydrogen-bond acceptors (Lipinski definition) is 6. The van der Waals surface area contributed by atoms with E-state index in [-0.39, 0.29) is 28.7 Å². The number of rotatable bonds is 9.